The second-order valence-electron chi connectivity index (χ2n) is 8.08. The maximum absolute atomic E-state index is 10.4. The van der Waals surface area contributed by atoms with Crippen LogP contribution >= 0.6 is 0 Å². The lowest BCUT2D eigenvalue weighted by molar-refractivity contribution is 0.227. The van der Waals surface area contributed by atoms with Gasteiger partial charge in [0.15, 0.2) is 0 Å². The first-order valence-corrected chi connectivity index (χ1v) is 9.24. The number of hydrogen-bond donors (Lipinski definition) is 0. The smallest absolute Gasteiger partial charge is 0.145 e. The van der Waals surface area contributed by atoms with E-state index in [1.165, 1.54) is 0 Å². The molecule has 1 spiro atoms. The van der Waals surface area contributed by atoms with Crippen molar-refractivity contribution in [1.29, 1.82) is 15.8 Å². The van der Waals surface area contributed by atoms with Crippen LogP contribution in [0.5, 0.6) is 0 Å². The zero-order valence-electron chi connectivity index (χ0n) is 14.8. The van der Waals surface area contributed by atoms with Crippen molar-refractivity contribution in [2.75, 3.05) is 0 Å². The number of rotatable bonds is 1. The highest BCUT2D eigenvalue weighted by Crippen LogP contribution is 2.70. The summed E-state index contributed by atoms with van der Waals surface area (Å²) in [6.07, 6.45) is 5.19. The van der Waals surface area contributed by atoms with E-state index in [1.54, 1.807) is 0 Å². The molecule has 0 N–H and O–H groups in total. The molecule has 0 aromatic heterocycles. The van der Waals surface area contributed by atoms with Gasteiger partial charge in [-0.1, -0.05) is 66.7 Å². The third-order valence-electron chi connectivity index (χ3n) is 7.01. The van der Waals surface area contributed by atoms with Crippen LogP contribution in [-0.4, -0.2) is 0 Å². The Labute approximate surface area is 158 Å². The zero-order chi connectivity index (χ0) is 18.7. The average Bonchev–Trinajstić information content (AvgIpc) is 3.10. The Morgan fingerprint density at radius 3 is 2.11 bits per heavy atom. The Bertz CT molecular complexity index is 1080. The van der Waals surface area contributed by atoms with Crippen LogP contribution in [0.3, 0.4) is 0 Å². The maximum Gasteiger partial charge on any atom is 0.145 e. The van der Waals surface area contributed by atoms with Gasteiger partial charge in [0.25, 0.3) is 0 Å². The molecule has 0 heterocycles. The van der Waals surface area contributed by atoms with Gasteiger partial charge in [0.1, 0.15) is 10.8 Å². The Balaban J connectivity index is 1.86. The predicted molar refractivity (Wildman–Crippen MR) is 100 cm³/mol. The monoisotopic (exact) mass is 347 g/mol. The van der Waals surface area contributed by atoms with Gasteiger partial charge in [-0.25, -0.2) is 0 Å². The summed E-state index contributed by atoms with van der Waals surface area (Å²) in [5.41, 5.74) is 1.14. The highest BCUT2D eigenvalue weighted by atomic mass is 14.7. The third-order valence-corrected chi connectivity index (χ3v) is 7.01. The Kier molecular flexibility index (Phi) is 2.99. The molecule has 0 radical (unpaired) electrons. The summed E-state index contributed by atoms with van der Waals surface area (Å²) in [7, 11) is 0. The first-order valence-electron chi connectivity index (χ1n) is 9.24. The van der Waals surface area contributed by atoms with E-state index in [1.807, 2.05) is 36.4 Å². The van der Waals surface area contributed by atoms with Crippen molar-refractivity contribution < 1.29 is 0 Å². The standard InChI is InChI=1S/C24H17N3/c25-14-22(15-26)12-20-21(17-6-2-1-3-7-17)24(16-27)11-10-23(20,13-22)18-8-4-5-9-19(18)24/h1-11,20-21H,12-13H2. The maximum atomic E-state index is 10.4. The van der Waals surface area contributed by atoms with Crippen molar-refractivity contribution in [3.8, 4) is 18.2 Å². The van der Waals surface area contributed by atoms with E-state index in [0.29, 0.717) is 12.8 Å². The van der Waals surface area contributed by atoms with Crippen LogP contribution < -0.4 is 0 Å². The highest BCUT2D eigenvalue weighted by molar-refractivity contribution is 5.62. The Morgan fingerprint density at radius 2 is 1.44 bits per heavy atom. The van der Waals surface area contributed by atoms with Crippen LogP contribution in [0.25, 0.3) is 0 Å². The summed E-state index contributed by atoms with van der Waals surface area (Å²) < 4.78 is 0. The molecule has 4 aliphatic rings. The number of nitrogens with zero attached hydrogens (tertiary/aromatic N) is 3. The number of benzene rings is 2. The van der Waals surface area contributed by atoms with Gasteiger partial charge in [-0.15, -0.1) is 0 Å². The van der Waals surface area contributed by atoms with Crippen molar-refractivity contribution in [2.24, 2.45) is 11.3 Å². The van der Waals surface area contributed by atoms with E-state index in [-0.39, 0.29) is 17.3 Å². The predicted octanol–water partition coefficient (Wildman–Crippen LogP) is 4.50. The van der Waals surface area contributed by atoms with Gasteiger partial charge in [0.05, 0.1) is 18.2 Å². The van der Waals surface area contributed by atoms with E-state index in [0.717, 1.165) is 16.7 Å². The molecule has 2 aromatic rings. The number of nitriles is 3. The van der Waals surface area contributed by atoms with Crippen LogP contribution in [0.4, 0.5) is 0 Å². The Hall–Kier alpha value is -3.35. The lowest BCUT2D eigenvalue weighted by Gasteiger charge is -2.55. The van der Waals surface area contributed by atoms with Crippen molar-refractivity contribution in [3.63, 3.8) is 0 Å². The van der Waals surface area contributed by atoms with Crippen LogP contribution in [-0.2, 0) is 10.8 Å². The lowest BCUT2D eigenvalue weighted by Crippen LogP contribution is -2.52. The van der Waals surface area contributed by atoms with Crippen molar-refractivity contribution in [2.45, 2.75) is 29.6 Å². The summed E-state index contributed by atoms with van der Waals surface area (Å²) in [5, 5.41) is 30.1. The minimum atomic E-state index is -1.01. The van der Waals surface area contributed by atoms with Crippen LogP contribution in [0, 0.1) is 45.3 Å². The van der Waals surface area contributed by atoms with Crippen LogP contribution in [0.15, 0.2) is 66.7 Å². The third kappa shape index (κ3) is 1.73. The molecule has 0 saturated heterocycles. The minimum Gasteiger partial charge on any atom is -0.197 e. The molecule has 4 unspecified atom stereocenters. The first-order chi connectivity index (χ1) is 13.1. The zero-order valence-corrected chi connectivity index (χ0v) is 14.8. The van der Waals surface area contributed by atoms with Gasteiger partial charge in [0.2, 0.25) is 0 Å². The molecule has 1 fully saturated rings. The average molecular weight is 347 g/mol. The molecule has 4 atom stereocenters. The molecule has 4 aliphatic carbocycles. The van der Waals surface area contributed by atoms with E-state index in [9.17, 15) is 15.8 Å². The molecule has 1 saturated carbocycles. The number of hydrogen-bond acceptors (Lipinski definition) is 3. The van der Waals surface area contributed by atoms with Gasteiger partial charge in [-0.2, -0.15) is 15.8 Å². The molecule has 3 nitrogen and oxygen atoms in total. The molecule has 128 valence electrons. The quantitative estimate of drug-likeness (QED) is 0.713. The van der Waals surface area contributed by atoms with E-state index >= 15 is 0 Å². The van der Waals surface area contributed by atoms with Gasteiger partial charge >= 0.3 is 0 Å². The molecule has 2 bridgehead atoms. The Morgan fingerprint density at radius 1 is 0.778 bits per heavy atom. The summed E-state index contributed by atoms with van der Waals surface area (Å²) in [6, 6.07) is 25.5. The molecule has 3 heteroatoms. The summed E-state index contributed by atoms with van der Waals surface area (Å²) in [5.74, 6) is -0.00840. The van der Waals surface area contributed by atoms with Crippen molar-refractivity contribution in [1.82, 2.24) is 0 Å². The first kappa shape index (κ1) is 15.9. The van der Waals surface area contributed by atoms with Crippen molar-refractivity contribution >= 4 is 0 Å². The SMILES string of the molecule is N#CC1(C#N)CC2C(c3ccccc3)C3(C#N)C=CC2(C1)c1ccccc13. The molecular formula is C24H17N3. The van der Waals surface area contributed by atoms with Crippen molar-refractivity contribution in [3.05, 3.63) is 83.4 Å². The summed E-state index contributed by atoms with van der Waals surface area (Å²) in [6.45, 7) is 0. The van der Waals surface area contributed by atoms with E-state index in [2.05, 4.69) is 48.5 Å². The summed E-state index contributed by atoms with van der Waals surface area (Å²) >= 11 is 0. The fourth-order valence-electron chi connectivity index (χ4n) is 5.97. The fourth-order valence-corrected chi connectivity index (χ4v) is 5.97. The molecule has 0 amide bonds. The fraction of sp³-hybridized carbons (Fsp3) is 0.292. The van der Waals surface area contributed by atoms with Crippen LogP contribution in [0.2, 0.25) is 0 Å². The van der Waals surface area contributed by atoms with E-state index < -0.39 is 10.8 Å². The highest BCUT2D eigenvalue weighted by Gasteiger charge is 2.67. The second-order valence-corrected chi connectivity index (χ2v) is 8.08. The lowest BCUT2D eigenvalue weighted by atomic mass is 9.46. The van der Waals surface area contributed by atoms with Gasteiger partial charge in [0, 0.05) is 11.3 Å². The van der Waals surface area contributed by atoms with Gasteiger partial charge < -0.3 is 0 Å². The summed E-state index contributed by atoms with van der Waals surface area (Å²) in [4.78, 5) is 0. The topological polar surface area (TPSA) is 71.4 Å². The minimum absolute atomic E-state index is 0.0544. The molecular weight excluding hydrogens is 330 g/mol. The molecule has 0 aliphatic heterocycles. The molecule has 2 aromatic carbocycles. The second kappa shape index (κ2) is 5.09. The molecule has 27 heavy (non-hydrogen) atoms. The number of allylic oxidation sites excluding steroid dienone is 2. The van der Waals surface area contributed by atoms with Gasteiger partial charge in [-0.05, 0) is 35.4 Å². The van der Waals surface area contributed by atoms with Crippen LogP contribution in [0.1, 0.15) is 35.4 Å². The molecule has 6 rings (SSSR count). The normalized spacial score (nSPS) is 34.0. The largest absolute Gasteiger partial charge is 0.197 e. The van der Waals surface area contributed by atoms with Gasteiger partial charge in [-0.3, -0.25) is 0 Å². The van der Waals surface area contributed by atoms with E-state index in [4.69, 9.17) is 0 Å².